The average Bonchev–Trinajstić information content (AvgIpc) is 2.69. The van der Waals surface area contributed by atoms with Crippen LogP contribution in [0.1, 0.15) is 19.6 Å². The molecule has 1 unspecified atom stereocenters. The Hall–Kier alpha value is -0.880. The van der Waals surface area contributed by atoms with E-state index in [4.69, 9.17) is 4.52 Å². The predicted molar refractivity (Wildman–Crippen MR) is 61.8 cm³/mol. The molecule has 92 valence electrons. The van der Waals surface area contributed by atoms with Gasteiger partial charge in [-0.25, -0.2) is 8.42 Å². The van der Waals surface area contributed by atoms with Crippen molar-refractivity contribution in [3.05, 3.63) is 18.0 Å². The molecule has 1 heterocycles. The molecule has 0 spiro atoms. The highest BCUT2D eigenvalue weighted by molar-refractivity contribution is 7.91. The molecular weight excluding hydrogens is 228 g/mol. The Bertz CT molecular complexity index is 400. The number of sulfone groups is 1. The van der Waals surface area contributed by atoms with Gasteiger partial charge in [-0.05, 0) is 14.0 Å². The van der Waals surface area contributed by atoms with Gasteiger partial charge in [0, 0.05) is 17.9 Å². The summed E-state index contributed by atoms with van der Waals surface area (Å²) in [7, 11) is -1.06. The topological polar surface area (TPSA) is 63.4 Å². The molecule has 0 aliphatic carbocycles. The lowest BCUT2D eigenvalue weighted by atomic mass is 10.3. The zero-order valence-corrected chi connectivity index (χ0v) is 10.7. The molecule has 0 aliphatic rings. The highest BCUT2D eigenvalue weighted by atomic mass is 32.2. The second-order valence-electron chi connectivity index (χ2n) is 3.94. The van der Waals surface area contributed by atoms with E-state index < -0.39 is 9.84 Å². The molecule has 0 saturated carbocycles. The Morgan fingerprint density at radius 2 is 2.25 bits per heavy atom. The van der Waals surface area contributed by atoms with Gasteiger partial charge in [-0.3, -0.25) is 4.90 Å². The van der Waals surface area contributed by atoms with Crippen molar-refractivity contribution < 1.29 is 12.9 Å². The van der Waals surface area contributed by atoms with Gasteiger partial charge in [-0.2, -0.15) is 0 Å². The zero-order chi connectivity index (χ0) is 12.2. The molecule has 1 rings (SSSR count). The van der Waals surface area contributed by atoms with Crippen LogP contribution in [-0.4, -0.2) is 43.1 Å². The minimum atomic E-state index is -2.93. The lowest BCUT2D eigenvalue weighted by Gasteiger charge is -2.22. The van der Waals surface area contributed by atoms with E-state index in [1.54, 1.807) is 19.2 Å². The Morgan fingerprint density at radius 1 is 1.56 bits per heavy atom. The molecule has 0 amide bonds. The highest BCUT2D eigenvalue weighted by Crippen LogP contribution is 2.07. The fourth-order valence-corrected chi connectivity index (χ4v) is 2.56. The van der Waals surface area contributed by atoms with Crippen LogP contribution >= 0.6 is 0 Å². The first-order chi connectivity index (χ1) is 7.44. The molecule has 0 N–H and O–H groups in total. The predicted octanol–water partition coefficient (Wildman–Crippen LogP) is 0.930. The van der Waals surface area contributed by atoms with Crippen LogP contribution < -0.4 is 0 Å². The Balaban J connectivity index is 2.51. The number of hydrogen-bond donors (Lipinski definition) is 0. The van der Waals surface area contributed by atoms with Crippen LogP contribution in [0.2, 0.25) is 0 Å². The SMILES string of the molecule is CCS(=O)(=O)CC(C)N(C)Cc1ccno1. The van der Waals surface area contributed by atoms with Gasteiger partial charge in [0.2, 0.25) is 0 Å². The number of hydrogen-bond acceptors (Lipinski definition) is 5. The maximum absolute atomic E-state index is 11.5. The van der Waals surface area contributed by atoms with E-state index in [0.717, 1.165) is 5.76 Å². The van der Waals surface area contributed by atoms with Gasteiger partial charge in [0.05, 0.1) is 18.5 Å². The van der Waals surface area contributed by atoms with Crippen LogP contribution in [0, 0.1) is 0 Å². The molecule has 0 radical (unpaired) electrons. The molecule has 6 heteroatoms. The zero-order valence-electron chi connectivity index (χ0n) is 9.88. The third-order valence-electron chi connectivity index (χ3n) is 2.58. The van der Waals surface area contributed by atoms with Crippen LogP contribution in [0.5, 0.6) is 0 Å². The number of aromatic nitrogens is 1. The first kappa shape index (κ1) is 13.2. The molecule has 1 atom stereocenters. The van der Waals surface area contributed by atoms with Crippen molar-refractivity contribution in [2.45, 2.75) is 26.4 Å². The van der Waals surface area contributed by atoms with Gasteiger partial charge in [0.1, 0.15) is 0 Å². The summed E-state index contributed by atoms with van der Waals surface area (Å²) in [6.07, 6.45) is 1.58. The molecule has 0 bridgehead atoms. The fourth-order valence-electron chi connectivity index (χ4n) is 1.34. The first-order valence-corrected chi connectivity index (χ1v) is 7.07. The maximum atomic E-state index is 11.5. The lowest BCUT2D eigenvalue weighted by Crippen LogP contribution is -2.35. The smallest absolute Gasteiger partial charge is 0.151 e. The van der Waals surface area contributed by atoms with Crippen molar-refractivity contribution in [2.75, 3.05) is 18.6 Å². The fraction of sp³-hybridized carbons (Fsp3) is 0.700. The van der Waals surface area contributed by atoms with Gasteiger partial charge in [-0.1, -0.05) is 12.1 Å². The summed E-state index contributed by atoms with van der Waals surface area (Å²) in [4.78, 5) is 1.94. The minimum absolute atomic E-state index is 0.0324. The summed E-state index contributed by atoms with van der Waals surface area (Å²) in [5, 5.41) is 3.61. The van der Waals surface area contributed by atoms with Gasteiger partial charge < -0.3 is 4.52 Å². The minimum Gasteiger partial charge on any atom is -0.360 e. The van der Waals surface area contributed by atoms with Crippen LogP contribution in [0.25, 0.3) is 0 Å². The van der Waals surface area contributed by atoms with Crippen LogP contribution in [0.3, 0.4) is 0 Å². The number of nitrogens with zero attached hydrogens (tertiary/aromatic N) is 2. The average molecular weight is 246 g/mol. The second kappa shape index (κ2) is 5.45. The standard InChI is InChI=1S/C10H18N2O3S/c1-4-16(13,14)8-9(2)12(3)7-10-5-6-11-15-10/h5-6,9H,4,7-8H2,1-3H3. The van der Waals surface area contributed by atoms with E-state index in [1.165, 1.54) is 0 Å². The molecule has 5 nitrogen and oxygen atoms in total. The highest BCUT2D eigenvalue weighted by Gasteiger charge is 2.18. The molecule has 0 aliphatic heterocycles. The largest absolute Gasteiger partial charge is 0.360 e. The van der Waals surface area contributed by atoms with E-state index in [-0.39, 0.29) is 17.5 Å². The van der Waals surface area contributed by atoms with Crippen molar-refractivity contribution in [3.8, 4) is 0 Å². The Labute approximate surface area is 96.3 Å². The summed E-state index contributed by atoms with van der Waals surface area (Å²) in [5.41, 5.74) is 0. The van der Waals surface area contributed by atoms with E-state index in [1.807, 2.05) is 18.9 Å². The van der Waals surface area contributed by atoms with E-state index >= 15 is 0 Å². The van der Waals surface area contributed by atoms with Crippen molar-refractivity contribution in [1.29, 1.82) is 0 Å². The molecule has 0 fully saturated rings. The van der Waals surface area contributed by atoms with Crippen LogP contribution in [0.15, 0.2) is 16.8 Å². The van der Waals surface area contributed by atoms with Gasteiger partial charge in [-0.15, -0.1) is 0 Å². The monoisotopic (exact) mass is 246 g/mol. The van der Waals surface area contributed by atoms with Gasteiger partial charge in [0.15, 0.2) is 15.6 Å². The van der Waals surface area contributed by atoms with Gasteiger partial charge in [0.25, 0.3) is 0 Å². The normalized spacial score (nSPS) is 14.2. The lowest BCUT2D eigenvalue weighted by molar-refractivity contribution is 0.232. The summed E-state index contributed by atoms with van der Waals surface area (Å²) in [6.45, 7) is 4.13. The van der Waals surface area contributed by atoms with Crippen LogP contribution in [0.4, 0.5) is 0 Å². The van der Waals surface area contributed by atoms with Crippen LogP contribution in [-0.2, 0) is 16.4 Å². The van der Waals surface area contributed by atoms with E-state index in [2.05, 4.69) is 5.16 Å². The summed E-state index contributed by atoms with van der Waals surface area (Å²) in [6, 6.07) is 1.74. The summed E-state index contributed by atoms with van der Waals surface area (Å²) in [5.74, 6) is 1.10. The maximum Gasteiger partial charge on any atom is 0.151 e. The molecular formula is C10H18N2O3S. The Kier molecular flexibility index (Phi) is 4.49. The summed E-state index contributed by atoms with van der Waals surface area (Å²) >= 11 is 0. The molecule has 0 aromatic carbocycles. The van der Waals surface area contributed by atoms with Crippen molar-refractivity contribution in [1.82, 2.24) is 10.1 Å². The van der Waals surface area contributed by atoms with Crippen molar-refractivity contribution >= 4 is 9.84 Å². The molecule has 1 aromatic heterocycles. The third kappa shape index (κ3) is 3.94. The summed E-state index contributed by atoms with van der Waals surface area (Å²) < 4.78 is 27.9. The van der Waals surface area contributed by atoms with E-state index in [0.29, 0.717) is 6.54 Å². The third-order valence-corrected chi connectivity index (χ3v) is 4.45. The molecule has 1 aromatic rings. The quantitative estimate of drug-likeness (QED) is 0.747. The van der Waals surface area contributed by atoms with E-state index in [9.17, 15) is 8.42 Å². The molecule has 16 heavy (non-hydrogen) atoms. The first-order valence-electron chi connectivity index (χ1n) is 5.25. The van der Waals surface area contributed by atoms with Crippen molar-refractivity contribution in [3.63, 3.8) is 0 Å². The second-order valence-corrected chi connectivity index (χ2v) is 6.34. The van der Waals surface area contributed by atoms with Gasteiger partial charge >= 0.3 is 0 Å². The number of rotatable bonds is 6. The van der Waals surface area contributed by atoms with Crippen molar-refractivity contribution in [2.24, 2.45) is 0 Å². The molecule has 0 saturated heterocycles. The Morgan fingerprint density at radius 3 is 2.75 bits per heavy atom.